The van der Waals surface area contributed by atoms with Crippen molar-refractivity contribution in [1.29, 1.82) is 0 Å². The van der Waals surface area contributed by atoms with Crippen LogP contribution in [0.1, 0.15) is 43.4 Å². The molecule has 0 unspecified atom stereocenters. The summed E-state index contributed by atoms with van der Waals surface area (Å²) in [6.45, 7) is 4.06. The highest BCUT2D eigenvalue weighted by atomic mass is 15.2. The first kappa shape index (κ1) is 18.7. The minimum absolute atomic E-state index is 0.0177. The molecular weight excluding hydrogens is 386 g/mol. The normalized spacial score (nSPS) is 19.2. The van der Waals surface area contributed by atoms with Crippen molar-refractivity contribution in [2.75, 3.05) is 36.4 Å². The van der Waals surface area contributed by atoms with Gasteiger partial charge in [0.1, 0.15) is 5.82 Å². The number of hydrogen-bond acceptors (Lipinski definition) is 7. The Morgan fingerprint density at radius 2 is 1.77 bits per heavy atom. The third-order valence-electron chi connectivity index (χ3n) is 7.05. The van der Waals surface area contributed by atoms with Crippen LogP contribution in [-0.2, 0) is 5.41 Å². The predicted octanol–water partition coefficient (Wildman–Crippen LogP) is 3.65. The van der Waals surface area contributed by atoms with Crippen LogP contribution < -0.4 is 15.5 Å². The molecule has 6 rings (SSSR count). The second-order valence-electron chi connectivity index (χ2n) is 8.78. The second-order valence-corrected chi connectivity index (χ2v) is 8.78. The Labute approximate surface area is 182 Å². The third-order valence-corrected chi connectivity index (χ3v) is 7.05. The van der Waals surface area contributed by atoms with E-state index in [9.17, 15) is 0 Å². The van der Waals surface area contributed by atoms with Crippen molar-refractivity contribution in [3.63, 3.8) is 0 Å². The van der Waals surface area contributed by atoms with Crippen LogP contribution in [0.25, 0.3) is 11.1 Å². The smallest absolute Gasteiger partial charge is 0.228 e. The summed E-state index contributed by atoms with van der Waals surface area (Å²) in [7, 11) is 0. The van der Waals surface area contributed by atoms with E-state index in [2.05, 4.69) is 42.6 Å². The van der Waals surface area contributed by atoms with E-state index in [0.717, 1.165) is 61.8 Å². The molecule has 0 atom stereocenters. The number of fused-ring (bicyclic) bond motifs is 5. The third kappa shape index (κ3) is 3.15. The summed E-state index contributed by atoms with van der Waals surface area (Å²) in [5.74, 6) is 1.39. The van der Waals surface area contributed by atoms with Crippen LogP contribution in [0.15, 0.2) is 43.0 Å². The van der Waals surface area contributed by atoms with Gasteiger partial charge in [-0.2, -0.15) is 0 Å². The van der Waals surface area contributed by atoms with Crippen LogP contribution in [0.2, 0.25) is 0 Å². The highest BCUT2D eigenvalue weighted by Gasteiger charge is 2.45. The molecule has 0 radical (unpaired) electrons. The molecule has 1 saturated carbocycles. The molecule has 0 amide bonds. The van der Waals surface area contributed by atoms with Gasteiger partial charge in [0.15, 0.2) is 0 Å². The van der Waals surface area contributed by atoms with Gasteiger partial charge >= 0.3 is 0 Å². The number of anilines is 3. The molecule has 4 heterocycles. The number of hydrogen-bond donors (Lipinski definition) is 2. The van der Waals surface area contributed by atoms with Gasteiger partial charge in [-0.3, -0.25) is 4.98 Å². The van der Waals surface area contributed by atoms with Crippen molar-refractivity contribution < 1.29 is 0 Å². The van der Waals surface area contributed by atoms with E-state index in [1.807, 2.05) is 30.9 Å². The average Bonchev–Trinajstić information content (AvgIpc) is 3.10. The van der Waals surface area contributed by atoms with E-state index in [0.29, 0.717) is 5.95 Å². The molecule has 0 aromatic carbocycles. The molecule has 7 heteroatoms. The zero-order valence-electron chi connectivity index (χ0n) is 17.6. The summed E-state index contributed by atoms with van der Waals surface area (Å²) in [5, 5.41) is 6.72. The molecule has 3 aromatic heterocycles. The molecule has 0 bridgehead atoms. The van der Waals surface area contributed by atoms with E-state index in [-0.39, 0.29) is 5.41 Å². The number of rotatable bonds is 3. The van der Waals surface area contributed by atoms with Crippen molar-refractivity contribution in [1.82, 2.24) is 25.3 Å². The topological polar surface area (TPSA) is 78.9 Å². The van der Waals surface area contributed by atoms with Gasteiger partial charge in [-0.1, -0.05) is 19.3 Å². The lowest BCUT2D eigenvalue weighted by molar-refractivity contribution is 0.345. The van der Waals surface area contributed by atoms with Gasteiger partial charge in [0.05, 0.1) is 17.6 Å². The lowest BCUT2D eigenvalue weighted by Gasteiger charge is -2.34. The van der Waals surface area contributed by atoms with E-state index in [4.69, 9.17) is 4.98 Å². The number of nitrogens with zero attached hydrogens (tertiary/aromatic N) is 5. The Morgan fingerprint density at radius 3 is 2.58 bits per heavy atom. The number of nitrogens with one attached hydrogen (secondary N) is 2. The molecular formula is C24H27N7. The number of aromatic nitrogens is 4. The summed E-state index contributed by atoms with van der Waals surface area (Å²) >= 11 is 0. The van der Waals surface area contributed by atoms with E-state index >= 15 is 0 Å². The van der Waals surface area contributed by atoms with Crippen LogP contribution in [0.3, 0.4) is 0 Å². The summed E-state index contributed by atoms with van der Waals surface area (Å²) in [6.07, 6.45) is 13.9. The Kier molecular flexibility index (Phi) is 4.56. The van der Waals surface area contributed by atoms with Crippen LogP contribution in [-0.4, -0.2) is 46.1 Å². The van der Waals surface area contributed by atoms with Gasteiger partial charge in [-0.25, -0.2) is 15.0 Å². The summed E-state index contributed by atoms with van der Waals surface area (Å²) < 4.78 is 0. The maximum atomic E-state index is 5.04. The molecule has 2 N–H and O–H groups in total. The second kappa shape index (κ2) is 7.57. The predicted molar refractivity (Wildman–Crippen MR) is 122 cm³/mol. The zero-order chi connectivity index (χ0) is 20.7. The lowest BCUT2D eigenvalue weighted by Crippen LogP contribution is -2.43. The first-order chi connectivity index (χ1) is 15.3. The van der Waals surface area contributed by atoms with E-state index in [1.54, 1.807) is 0 Å². The molecule has 2 aliphatic carbocycles. The Hall–Kier alpha value is -3.06. The van der Waals surface area contributed by atoms with Crippen LogP contribution in [0.5, 0.6) is 0 Å². The van der Waals surface area contributed by atoms with Crippen molar-refractivity contribution in [3.05, 3.63) is 54.2 Å². The Morgan fingerprint density at radius 1 is 0.903 bits per heavy atom. The molecule has 1 spiro atoms. The lowest BCUT2D eigenvalue weighted by atomic mass is 9.70. The molecule has 1 aliphatic heterocycles. The Balaban J connectivity index is 1.30. The van der Waals surface area contributed by atoms with Gasteiger partial charge in [0.2, 0.25) is 5.95 Å². The van der Waals surface area contributed by atoms with Crippen LogP contribution >= 0.6 is 0 Å². The summed E-state index contributed by atoms with van der Waals surface area (Å²) in [6, 6.07) is 6.26. The van der Waals surface area contributed by atoms with Gasteiger partial charge in [0.25, 0.3) is 0 Å². The quantitative estimate of drug-likeness (QED) is 0.678. The number of piperazine rings is 1. The molecule has 3 aromatic rings. The maximum absolute atomic E-state index is 5.04. The van der Waals surface area contributed by atoms with E-state index in [1.165, 1.54) is 30.4 Å². The SMILES string of the molecule is c1cc2c(cn1)C1(CCCCC1)c1nc(Nc3ccc(N4CCNCC4)cn3)ncc1-2. The standard InChI is InChI=1S/C24H27N7/c1-2-7-24(8-3-1)20-16-26-9-6-18(20)19-15-28-23(30-22(19)24)29-21-5-4-17(14-27-21)31-12-10-25-11-13-31/h4-6,9,14-16,25H,1-3,7-8,10-13H2,(H,27,28,29,30). The molecule has 3 aliphatic rings. The number of pyridine rings is 2. The highest BCUT2D eigenvalue weighted by Crippen LogP contribution is 2.54. The fourth-order valence-corrected chi connectivity index (χ4v) is 5.49. The highest BCUT2D eigenvalue weighted by molar-refractivity contribution is 5.79. The van der Waals surface area contributed by atoms with Gasteiger partial charge in [-0.05, 0) is 42.2 Å². The van der Waals surface area contributed by atoms with Crippen molar-refractivity contribution in [2.24, 2.45) is 0 Å². The van der Waals surface area contributed by atoms with E-state index < -0.39 is 0 Å². The molecule has 31 heavy (non-hydrogen) atoms. The molecule has 1 saturated heterocycles. The van der Waals surface area contributed by atoms with Crippen LogP contribution in [0.4, 0.5) is 17.5 Å². The van der Waals surface area contributed by atoms with Crippen molar-refractivity contribution in [3.8, 4) is 11.1 Å². The molecule has 158 valence electrons. The van der Waals surface area contributed by atoms with Crippen molar-refractivity contribution >= 4 is 17.5 Å². The minimum atomic E-state index is -0.0177. The maximum Gasteiger partial charge on any atom is 0.228 e. The van der Waals surface area contributed by atoms with Crippen molar-refractivity contribution in [2.45, 2.75) is 37.5 Å². The summed E-state index contributed by atoms with van der Waals surface area (Å²) in [4.78, 5) is 21.1. The largest absolute Gasteiger partial charge is 0.368 e. The first-order valence-corrected chi connectivity index (χ1v) is 11.3. The van der Waals surface area contributed by atoms with Gasteiger partial charge in [-0.15, -0.1) is 0 Å². The molecule has 2 fully saturated rings. The monoisotopic (exact) mass is 413 g/mol. The average molecular weight is 414 g/mol. The summed E-state index contributed by atoms with van der Waals surface area (Å²) in [5.41, 5.74) is 6.03. The minimum Gasteiger partial charge on any atom is -0.368 e. The van der Waals surface area contributed by atoms with Gasteiger partial charge in [0, 0.05) is 55.7 Å². The van der Waals surface area contributed by atoms with Crippen LogP contribution in [0, 0.1) is 0 Å². The fraction of sp³-hybridized carbons (Fsp3) is 0.417. The Bertz CT molecular complexity index is 1080. The molecule has 7 nitrogen and oxygen atoms in total. The zero-order valence-corrected chi connectivity index (χ0v) is 17.6. The first-order valence-electron chi connectivity index (χ1n) is 11.3. The fourth-order valence-electron chi connectivity index (χ4n) is 5.49. The van der Waals surface area contributed by atoms with Gasteiger partial charge < -0.3 is 15.5 Å².